The highest BCUT2D eigenvalue weighted by Gasteiger charge is 2.30. The van der Waals surface area contributed by atoms with Crippen LogP contribution in [0.4, 0.5) is 23.0 Å². The summed E-state index contributed by atoms with van der Waals surface area (Å²) in [7, 11) is 3.80. The molecule has 2 aromatic rings. The predicted octanol–water partition coefficient (Wildman–Crippen LogP) is 2.32. The van der Waals surface area contributed by atoms with Crippen LogP contribution in [0.15, 0.2) is 30.6 Å². The monoisotopic (exact) mass is 356 g/mol. The van der Waals surface area contributed by atoms with Gasteiger partial charge in [0.05, 0.1) is 4.92 Å². The van der Waals surface area contributed by atoms with Gasteiger partial charge in [-0.3, -0.25) is 19.8 Å². The maximum Gasteiger partial charge on any atom is 0.293 e. The summed E-state index contributed by atoms with van der Waals surface area (Å²) >= 11 is 0. The average molecular weight is 356 g/mol. The van der Waals surface area contributed by atoms with Gasteiger partial charge in [0.25, 0.3) is 5.69 Å². The van der Waals surface area contributed by atoms with Gasteiger partial charge in [-0.1, -0.05) is 6.07 Å². The van der Waals surface area contributed by atoms with Crippen molar-refractivity contribution in [1.29, 1.82) is 0 Å². The number of nitrogens with zero attached hydrogens (tertiary/aromatic N) is 5. The molecule has 1 aromatic carbocycles. The summed E-state index contributed by atoms with van der Waals surface area (Å²) in [5.41, 5.74) is 1.15. The van der Waals surface area contributed by atoms with E-state index in [0.29, 0.717) is 23.9 Å². The number of hydrogen-bond acceptors (Lipinski definition) is 7. The number of nitro benzene ring substituents is 1. The summed E-state index contributed by atoms with van der Waals surface area (Å²) in [6.07, 6.45) is 3.99. The molecular weight excluding hydrogens is 336 g/mol. The normalized spacial score (nSPS) is 13.5. The van der Waals surface area contributed by atoms with Gasteiger partial charge in [-0.05, 0) is 38.6 Å². The van der Waals surface area contributed by atoms with E-state index in [4.69, 9.17) is 0 Å². The van der Waals surface area contributed by atoms with Crippen LogP contribution in [0.3, 0.4) is 0 Å². The average Bonchev–Trinajstić information content (AvgIpc) is 3.42. The second-order valence-corrected chi connectivity index (χ2v) is 6.48. The van der Waals surface area contributed by atoms with Crippen molar-refractivity contribution in [1.82, 2.24) is 14.9 Å². The van der Waals surface area contributed by atoms with E-state index in [0.717, 1.165) is 24.8 Å². The minimum atomic E-state index is -0.425. The number of nitro groups is 1. The predicted molar refractivity (Wildman–Crippen MR) is 97.4 cm³/mol. The first-order chi connectivity index (χ1) is 12.5. The molecule has 0 radical (unpaired) electrons. The van der Waals surface area contributed by atoms with Crippen molar-refractivity contribution >= 4 is 29.4 Å². The molecule has 1 saturated carbocycles. The minimum Gasteiger partial charge on any atom is -0.334 e. The third-order valence-corrected chi connectivity index (χ3v) is 3.99. The van der Waals surface area contributed by atoms with Gasteiger partial charge >= 0.3 is 0 Å². The van der Waals surface area contributed by atoms with Crippen LogP contribution in [0, 0.1) is 10.1 Å². The Kier molecular flexibility index (Phi) is 5.08. The molecule has 1 amide bonds. The molecular formula is C17H20N6O3. The van der Waals surface area contributed by atoms with Crippen LogP contribution in [-0.4, -0.2) is 46.3 Å². The van der Waals surface area contributed by atoms with Crippen molar-refractivity contribution in [3.8, 4) is 0 Å². The molecule has 0 atom stereocenters. The topological polar surface area (TPSA) is 104 Å². The SMILES string of the molecule is CN(C)Cc1ccc(Nc2cc(N(C=O)C3CC3)ncn2)c([N+](=O)[O-])c1. The molecule has 9 nitrogen and oxygen atoms in total. The Labute approximate surface area is 150 Å². The van der Waals surface area contributed by atoms with Crippen LogP contribution < -0.4 is 10.2 Å². The molecule has 0 bridgehead atoms. The molecule has 0 aliphatic heterocycles. The second kappa shape index (κ2) is 7.44. The first-order valence-corrected chi connectivity index (χ1v) is 8.22. The van der Waals surface area contributed by atoms with E-state index >= 15 is 0 Å². The lowest BCUT2D eigenvalue weighted by molar-refractivity contribution is -0.384. The van der Waals surface area contributed by atoms with E-state index < -0.39 is 4.92 Å². The summed E-state index contributed by atoms with van der Waals surface area (Å²) in [6.45, 7) is 0.606. The Morgan fingerprint density at radius 3 is 2.69 bits per heavy atom. The summed E-state index contributed by atoms with van der Waals surface area (Å²) in [5, 5.41) is 14.4. The van der Waals surface area contributed by atoms with Crippen LogP contribution >= 0.6 is 0 Å². The molecule has 1 aromatic heterocycles. The molecule has 136 valence electrons. The Balaban J connectivity index is 1.86. The van der Waals surface area contributed by atoms with Crippen LogP contribution in [0.25, 0.3) is 0 Å². The van der Waals surface area contributed by atoms with E-state index in [-0.39, 0.29) is 11.7 Å². The molecule has 1 fully saturated rings. The molecule has 1 heterocycles. The molecule has 0 saturated heterocycles. The number of anilines is 3. The van der Waals surface area contributed by atoms with Crippen molar-refractivity contribution in [2.75, 3.05) is 24.3 Å². The van der Waals surface area contributed by atoms with Gasteiger partial charge in [0.2, 0.25) is 6.41 Å². The molecule has 1 aliphatic carbocycles. The van der Waals surface area contributed by atoms with Crippen LogP contribution in [0.1, 0.15) is 18.4 Å². The van der Waals surface area contributed by atoms with E-state index in [1.807, 2.05) is 25.1 Å². The number of hydrogen-bond donors (Lipinski definition) is 1. The molecule has 1 N–H and O–H groups in total. The third-order valence-electron chi connectivity index (χ3n) is 3.99. The Bertz CT molecular complexity index is 822. The number of amides is 1. The highest BCUT2D eigenvalue weighted by molar-refractivity contribution is 5.77. The van der Waals surface area contributed by atoms with Crippen molar-refractivity contribution in [3.05, 3.63) is 46.3 Å². The lowest BCUT2D eigenvalue weighted by atomic mass is 10.1. The van der Waals surface area contributed by atoms with Gasteiger partial charge in [0, 0.05) is 24.7 Å². The maximum atomic E-state index is 11.4. The molecule has 26 heavy (non-hydrogen) atoms. The van der Waals surface area contributed by atoms with Gasteiger partial charge in [0.1, 0.15) is 23.7 Å². The first-order valence-electron chi connectivity index (χ1n) is 8.22. The quantitative estimate of drug-likeness (QED) is 0.439. The van der Waals surface area contributed by atoms with Gasteiger partial charge in [-0.2, -0.15) is 0 Å². The second-order valence-electron chi connectivity index (χ2n) is 6.48. The Morgan fingerprint density at radius 1 is 1.31 bits per heavy atom. The summed E-state index contributed by atoms with van der Waals surface area (Å²) < 4.78 is 0. The number of rotatable bonds is 8. The van der Waals surface area contributed by atoms with E-state index in [9.17, 15) is 14.9 Å². The van der Waals surface area contributed by atoms with Gasteiger partial charge in [-0.15, -0.1) is 0 Å². The molecule has 3 rings (SSSR count). The number of carbonyl (C=O) groups is 1. The third kappa shape index (κ3) is 4.12. The summed E-state index contributed by atoms with van der Waals surface area (Å²) in [4.78, 5) is 34.0. The number of benzene rings is 1. The number of aromatic nitrogens is 2. The zero-order valence-electron chi connectivity index (χ0n) is 14.6. The minimum absolute atomic E-state index is 0.0288. The highest BCUT2D eigenvalue weighted by Crippen LogP contribution is 2.32. The van der Waals surface area contributed by atoms with Gasteiger partial charge in [0.15, 0.2) is 0 Å². The molecule has 9 heteroatoms. The largest absolute Gasteiger partial charge is 0.334 e. The van der Waals surface area contributed by atoms with E-state index in [1.54, 1.807) is 23.1 Å². The van der Waals surface area contributed by atoms with Crippen molar-refractivity contribution < 1.29 is 9.72 Å². The first kappa shape index (κ1) is 17.7. The molecule has 0 spiro atoms. The van der Waals surface area contributed by atoms with E-state index in [2.05, 4.69) is 15.3 Å². The van der Waals surface area contributed by atoms with E-state index in [1.165, 1.54) is 6.33 Å². The Hall–Kier alpha value is -3.07. The fourth-order valence-electron chi connectivity index (χ4n) is 2.67. The highest BCUT2D eigenvalue weighted by atomic mass is 16.6. The van der Waals surface area contributed by atoms with Crippen molar-refractivity contribution in [2.24, 2.45) is 0 Å². The van der Waals surface area contributed by atoms with Crippen LogP contribution in [0.5, 0.6) is 0 Å². The lowest BCUT2D eigenvalue weighted by Gasteiger charge is -2.16. The summed E-state index contributed by atoms with van der Waals surface area (Å²) in [5.74, 6) is 0.873. The van der Waals surface area contributed by atoms with Gasteiger partial charge in [-0.25, -0.2) is 9.97 Å². The number of nitrogens with one attached hydrogen (secondary N) is 1. The van der Waals surface area contributed by atoms with Crippen molar-refractivity contribution in [3.63, 3.8) is 0 Å². The summed E-state index contributed by atoms with van der Waals surface area (Å²) in [6, 6.07) is 6.84. The smallest absolute Gasteiger partial charge is 0.293 e. The number of carbonyl (C=O) groups excluding carboxylic acids is 1. The standard InChI is InChI=1S/C17H20N6O3/c1-21(2)9-12-3-6-14(15(7-12)23(25)26)20-16-8-17(19-10-18-16)22(11-24)13-4-5-13/h3,6-8,10-11,13H,4-5,9H2,1-2H3,(H,18,19,20). The zero-order chi connectivity index (χ0) is 18.7. The maximum absolute atomic E-state index is 11.4. The fraction of sp³-hybridized carbons (Fsp3) is 0.353. The van der Waals surface area contributed by atoms with Crippen LogP contribution in [-0.2, 0) is 11.3 Å². The zero-order valence-corrected chi connectivity index (χ0v) is 14.6. The Morgan fingerprint density at radius 2 is 2.08 bits per heavy atom. The van der Waals surface area contributed by atoms with Crippen LogP contribution in [0.2, 0.25) is 0 Å². The van der Waals surface area contributed by atoms with Gasteiger partial charge < -0.3 is 10.2 Å². The fourth-order valence-corrected chi connectivity index (χ4v) is 2.67. The molecule has 1 aliphatic rings. The molecule has 0 unspecified atom stereocenters. The lowest BCUT2D eigenvalue weighted by Crippen LogP contribution is -2.24. The van der Waals surface area contributed by atoms with Crippen molar-refractivity contribution in [2.45, 2.75) is 25.4 Å².